The molecule has 0 spiro atoms. The van der Waals surface area contributed by atoms with Crippen LogP contribution in [0.1, 0.15) is 32.6 Å². The van der Waals surface area contributed by atoms with Crippen molar-refractivity contribution in [3.8, 4) is 0 Å². The Bertz CT molecular complexity index is 174. The normalized spacial score (nSPS) is 30.6. The zero-order chi connectivity index (χ0) is 10.5. The van der Waals surface area contributed by atoms with E-state index in [-0.39, 0.29) is 0 Å². The SMILES string of the molecule is CCOC(C1CCNCC1)C1CCCN1. The van der Waals surface area contributed by atoms with Crippen LogP contribution >= 0.6 is 0 Å². The Labute approximate surface area is 93.0 Å². The van der Waals surface area contributed by atoms with Crippen molar-refractivity contribution in [1.29, 1.82) is 0 Å². The maximum Gasteiger partial charge on any atom is 0.0756 e. The molecule has 15 heavy (non-hydrogen) atoms. The Kier molecular flexibility index (Phi) is 4.42. The molecule has 0 aromatic heterocycles. The van der Waals surface area contributed by atoms with Crippen LogP contribution in [-0.4, -0.2) is 38.4 Å². The fourth-order valence-electron chi connectivity index (χ4n) is 2.94. The average Bonchev–Trinajstić information content (AvgIpc) is 2.80. The number of hydrogen-bond acceptors (Lipinski definition) is 3. The van der Waals surface area contributed by atoms with Crippen LogP contribution < -0.4 is 10.6 Å². The van der Waals surface area contributed by atoms with Gasteiger partial charge in [0, 0.05) is 12.6 Å². The van der Waals surface area contributed by atoms with Gasteiger partial charge in [0.25, 0.3) is 0 Å². The molecular weight excluding hydrogens is 188 g/mol. The number of rotatable bonds is 4. The summed E-state index contributed by atoms with van der Waals surface area (Å²) in [6.07, 6.45) is 5.64. The van der Waals surface area contributed by atoms with Gasteiger partial charge in [-0.3, -0.25) is 0 Å². The van der Waals surface area contributed by atoms with Crippen LogP contribution in [0.3, 0.4) is 0 Å². The average molecular weight is 212 g/mol. The highest BCUT2D eigenvalue weighted by molar-refractivity contribution is 4.88. The topological polar surface area (TPSA) is 33.3 Å². The first kappa shape index (κ1) is 11.4. The second-order valence-corrected chi connectivity index (χ2v) is 4.71. The fraction of sp³-hybridized carbons (Fsp3) is 1.00. The van der Waals surface area contributed by atoms with E-state index in [2.05, 4.69) is 17.6 Å². The maximum absolute atomic E-state index is 5.98. The first-order valence-corrected chi connectivity index (χ1v) is 6.47. The van der Waals surface area contributed by atoms with Gasteiger partial charge < -0.3 is 15.4 Å². The van der Waals surface area contributed by atoms with Gasteiger partial charge in [-0.1, -0.05) is 0 Å². The highest BCUT2D eigenvalue weighted by Gasteiger charge is 2.32. The zero-order valence-corrected chi connectivity index (χ0v) is 9.80. The Morgan fingerprint density at radius 1 is 1.20 bits per heavy atom. The molecule has 2 rings (SSSR count). The van der Waals surface area contributed by atoms with E-state index in [0.717, 1.165) is 12.5 Å². The quantitative estimate of drug-likeness (QED) is 0.733. The first-order chi connectivity index (χ1) is 7.42. The maximum atomic E-state index is 5.98. The molecule has 2 heterocycles. The monoisotopic (exact) mass is 212 g/mol. The third kappa shape index (κ3) is 2.92. The minimum Gasteiger partial charge on any atom is -0.377 e. The molecule has 0 amide bonds. The zero-order valence-electron chi connectivity index (χ0n) is 9.80. The van der Waals surface area contributed by atoms with Gasteiger partial charge in [0.1, 0.15) is 0 Å². The summed E-state index contributed by atoms with van der Waals surface area (Å²) in [5.74, 6) is 0.766. The van der Waals surface area contributed by atoms with Crippen LogP contribution in [0.2, 0.25) is 0 Å². The molecule has 0 aromatic rings. The van der Waals surface area contributed by atoms with Gasteiger partial charge in [0.05, 0.1) is 6.10 Å². The van der Waals surface area contributed by atoms with Crippen LogP contribution in [0.15, 0.2) is 0 Å². The van der Waals surface area contributed by atoms with E-state index in [4.69, 9.17) is 4.74 Å². The van der Waals surface area contributed by atoms with Crippen molar-refractivity contribution in [2.45, 2.75) is 44.8 Å². The summed E-state index contributed by atoms with van der Waals surface area (Å²) >= 11 is 0. The molecule has 0 aromatic carbocycles. The standard InChI is InChI=1S/C12H24N2O/c1-2-15-12(11-4-3-7-14-11)10-5-8-13-9-6-10/h10-14H,2-9H2,1H3. The van der Waals surface area contributed by atoms with E-state index >= 15 is 0 Å². The Morgan fingerprint density at radius 2 is 2.00 bits per heavy atom. The van der Waals surface area contributed by atoms with Gasteiger partial charge in [-0.2, -0.15) is 0 Å². The lowest BCUT2D eigenvalue weighted by Crippen LogP contribution is -2.45. The van der Waals surface area contributed by atoms with Crippen LogP contribution in [0.5, 0.6) is 0 Å². The lowest BCUT2D eigenvalue weighted by Gasteiger charge is -2.34. The van der Waals surface area contributed by atoms with Crippen molar-refractivity contribution < 1.29 is 4.74 Å². The molecule has 2 unspecified atom stereocenters. The number of ether oxygens (including phenoxy) is 1. The smallest absolute Gasteiger partial charge is 0.0756 e. The predicted octanol–water partition coefficient (Wildman–Crippen LogP) is 1.14. The summed E-state index contributed by atoms with van der Waals surface area (Å²) in [6.45, 7) is 6.48. The van der Waals surface area contributed by atoms with Crippen molar-refractivity contribution in [1.82, 2.24) is 10.6 Å². The first-order valence-electron chi connectivity index (χ1n) is 6.47. The summed E-state index contributed by atoms with van der Waals surface area (Å²) in [7, 11) is 0. The molecule has 88 valence electrons. The highest BCUT2D eigenvalue weighted by atomic mass is 16.5. The van der Waals surface area contributed by atoms with E-state index in [1.165, 1.54) is 45.3 Å². The molecule has 3 nitrogen and oxygen atoms in total. The van der Waals surface area contributed by atoms with E-state index in [9.17, 15) is 0 Å². The number of nitrogens with one attached hydrogen (secondary N) is 2. The highest BCUT2D eigenvalue weighted by Crippen LogP contribution is 2.25. The molecule has 2 saturated heterocycles. The van der Waals surface area contributed by atoms with Gasteiger partial charge in [-0.25, -0.2) is 0 Å². The van der Waals surface area contributed by atoms with Crippen molar-refractivity contribution in [2.75, 3.05) is 26.2 Å². The molecule has 0 radical (unpaired) electrons. The van der Waals surface area contributed by atoms with E-state index in [0.29, 0.717) is 12.1 Å². The molecule has 3 heteroatoms. The summed E-state index contributed by atoms with van der Waals surface area (Å²) in [6, 6.07) is 0.619. The molecule has 2 atom stereocenters. The number of piperidine rings is 1. The largest absolute Gasteiger partial charge is 0.377 e. The number of hydrogen-bond donors (Lipinski definition) is 2. The lowest BCUT2D eigenvalue weighted by molar-refractivity contribution is -0.0113. The van der Waals surface area contributed by atoms with E-state index in [1.807, 2.05) is 0 Å². The fourth-order valence-corrected chi connectivity index (χ4v) is 2.94. The third-order valence-corrected chi connectivity index (χ3v) is 3.70. The van der Waals surface area contributed by atoms with Gasteiger partial charge in [0.2, 0.25) is 0 Å². The Morgan fingerprint density at radius 3 is 2.60 bits per heavy atom. The Hall–Kier alpha value is -0.120. The molecule has 0 saturated carbocycles. The van der Waals surface area contributed by atoms with Crippen LogP contribution in [-0.2, 0) is 4.74 Å². The van der Waals surface area contributed by atoms with Gasteiger partial charge in [0.15, 0.2) is 0 Å². The minimum absolute atomic E-state index is 0.458. The van der Waals surface area contributed by atoms with Gasteiger partial charge in [-0.15, -0.1) is 0 Å². The summed E-state index contributed by atoms with van der Waals surface area (Å²) in [5, 5.41) is 7.02. The van der Waals surface area contributed by atoms with Crippen LogP contribution in [0.25, 0.3) is 0 Å². The van der Waals surface area contributed by atoms with Gasteiger partial charge >= 0.3 is 0 Å². The molecule has 2 aliphatic rings. The second kappa shape index (κ2) is 5.83. The van der Waals surface area contributed by atoms with E-state index in [1.54, 1.807) is 0 Å². The van der Waals surface area contributed by atoms with Crippen molar-refractivity contribution in [3.05, 3.63) is 0 Å². The van der Waals surface area contributed by atoms with E-state index < -0.39 is 0 Å². The molecule has 2 aliphatic heterocycles. The molecule has 0 bridgehead atoms. The molecular formula is C12H24N2O. The molecule has 0 aliphatic carbocycles. The Balaban J connectivity index is 1.90. The van der Waals surface area contributed by atoms with Crippen molar-refractivity contribution in [3.63, 3.8) is 0 Å². The minimum atomic E-state index is 0.458. The summed E-state index contributed by atoms with van der Waals surface area (Å²) in [4.78, 5) is 0. The predicted molar refractivity (Wildman–Crippen MR) is 62.0 cm³/mol. The second-order valence-electron chi connectivity index (χ2n) is 4.71. The third-order valence-electron chi connectivity index (χ3n) is 3.70. The van der Waals surface area contributed by atoms with Crippen LogP contribution in [0, 0.1) is 5.92 Å². The lowest BCUT2D eigenvalue weighted by atomic mass is 9.87. The van der Waals surface area contributed by atoms with Crippen molar-refractivity contribution in [2.24, 2.45) is 5.92 Å². The molecule has 2 N–H and O–H groups in total. The summed E-state index contributed by atoms with van der Waals surface area (Å²) in [5.41, 5.74) is 0. The summed E-state index contributed by atoms with van der Waals surface area (Å²) < 4.78 is 5.98. The van der Waals surface area contributed by atoms with Gasteiger partial charge in [-0.05, 0) is 58.2 Å². The molecule has 2 fully saturated rings. The van der Waals surface area contributed by atoms with Crippen molar-refractivity contribution >= 4 is 0 Å². The van der Waals surface area contributed by atoms with Crippen LogP contribution in [0.4, 0.5) is 0 Å².